The van der Waals surface area contributed by atoms with Gasteiger partial charge < -0.3 is 14.4 Å². The number of amides is 1. The van der Waals surface area contributed by atoms with Crippen LogP contribution in [0.1, 0.15) is 12.8 Å². The number of piperidine rings is 1. The predicted molar refractivity (Wildman–Crippen MR) is 84.2 cm³/mol. The third-order valence-electron chi connectivity index (χ3n) is 3.73. The van der Waals surface area contributed by atoms with Crippen LogP contribution in [0.3, 0.4) is 0 Å². The highest BCUT2D eigenvalue weighted by molar-refractivity contribution is 5.77. The maximum absolute atomic E-state index is 13.5. The van der Waals surface area contributed by atoms with Gasteiger partial charge in [0.2, 0.25) is 0 Å². The van der Waals surface area contributed by atoms with Crippen LogP contribution in [-0.2, 0) is 4.79 Å². The highest BCUT2D eigenvalue weighted by atomic mass is 19.1. The summed E-state index contributed by atoms with van der Waals surface area (Å²) in [7, 11) is 0. The van der Waals surface area contributed by atoms with E-state index in [0.717, 1.165) is 12.8 Å². The van der Waals surface area contributed by atoms with Crippen molar-refractivity contribution >= 4 is 5.91 Å². The molecule has 1 aliphatic heterocycles. The van der Waals surface area contributed by atoms with Crippen LogP contribution >= 0.6 is 0 Å². The van der Waals surface area contributed by atoms with Crippen LogP contribution in [0.4, 0.5) is 4.39 Å². The molecule has 0 unspecified atom stereocenters. The van der Waals surface area contributed by atoms with Crippen LogP contribution < -0.4 is 9.47 Å². The molecule has 3 rings (SSSR count). The predicted octanol–water partition coefficient (Wildman–Crippen LogP) is 2.06. The summed E-state index contributed by atoms with van der Waals surface area (Å²) in [6.07, 6.45) is 4.71. The Labute approximate surface area is 139 Å². The van der Waals surface area contributed by atoms with E-state index in [9.17, 15) is 9.18 Å². The molecule has 0 spiro atoms. The number of hydrogen-bond donors (Lipinski definition) is 0. The zero-order chi connectivity index (χ0) is 16.8. The van der Waals surface area contributed by atoms with Crippen molar-refractivity contribution in [2.75, 3.05) is 19.7 Å². The summed E-state index contributed by atoms with van der Waals surface area (Å²) < 4.78 is 24.5. The number of rotatable bonds is 5. The highest BCUT2D eigenvalue weighted by Crippen LogP contribution is 2.17. The Morgan fingerprint density at radius 3 is 2.83 bits per heavy atom. The quantitative estimate of drug-likeness (QED) is 0.839. The van der Waals surface area contributed by atoms with Crippen LogP contribution in [0.25, 0.3) is 0 Å². The first kappa shape index (κ1) is 16.2. The fraction of sp³-hybridized carbons (Fsp3) is 0.353. The van der Waals surface area contributed by atoms with Gasteiger partial charge in [0.25, 0.3) is 5.91 Å². The summed E-state index contributed by atoms with van der Waals surface area (Å²) in [6.45, 7) is 0.877. The van der Waals surface area contributed by atoms with Crippen molar-refractivity contribution in [2.24, 2.45) is 0 Å². The Morgan fingerprint density at radius 2 is 2.04 bits per heavy atom. The molecule has 1 atom stereocenters. The highest BCUT2D eigenvalue weighted by Gasteiger charge is 2.25. The zero-order valence-electron chi connectivity index (χ0n) is 13.1. The lowest BCUT2D eigenvalue weighted by molar-refractivity contribution is -0.136. The summed E-state index contributed by atoms with van der Waals surface area (Å²) in [4.78, 5) is 22.0. The molecule has 1 aromatic heterocycles. The summed E-state index contributed by atoms with van der Waals surface area (Å²) >= 11 is 0. The van der Waals surface area contributed by atoms with E-state index in [1.165, 1.54) is 12.1 Å². The molecule has 2 heterocycles. The SMILES string of the molecule is O=C(COc1ccccc1F)N1CCC[C@@H](Oc2ncccn2)C1. The zero-order valence-corrected chi connectivity index (χ0v) is 13.1. The van der Waals surface area contributed by atoms with Crippen molar-refractivity contribution in [3.05, 3.63) is 48.5 Å². The van der Waals surface area contributed by atoms with Gasteiger partial charge in [-0.1, -0.05) is 12.1 Å². The molecule has 1 fully saturated rings. The first-order valence-corrected chi connectivity index (χ1v) is 7.81. The van der Waals surface area contributed by atoms with Gasteiger partial charge in [-0.05, 0) is 31.0 Å². The second-order valence-corrected chi connectivity index (χ2v) is 5.47. The number of ether oxygens (including phenoxy) is 2. The monoisotopic (exact) mass is 331 g/mol. The molecule has 0 N–H and O–H groups in total. The third-order valence-corrected chi connectivity index (χ3v) is 3.73. The van der Waals surface area contributed by atoms with Crippen molar-refractivity contribution in [3.8, 4) is 11.8 Å². The number of para-hydroxylation sites is 1. The average molecular weight is 331 g/mol. The van der Waals surface area contributed by atoms with E-state index >= 15 is 0 Å². The van der Waals surface area contributed by atoms with E-state index in [2.05, 4.69) is 9.97 Å². The van der Waals surface area contributed by atoms with Gasteiger partial charge in [0.1, 0.15) is 6.10 Å². The van der Waals surface area contributed by atoms with E-state index in [4.69, 9.17) is 9.47 Å². The van der Waals surface area contributed by atoms with Gasteiger partial charge >= 0.3 is 6.01 Å². The van der Waals surface area contributed by atoms with Crippen LogP contribution in [-0.4, -0.2) is 46.6 Å². The number of carbonyl (C=O) groups excluding carboxylic acids is 1. The molecular weight excluding hydrogens is 313 g/mol. The van der Waals surface area contributed by atoms with E-state index in [1.807, 2.05) is 0 Å². The second-order valence-electron chi connectivity index (χ2n) is 5.47. The van der Waals surface area contributed by atoms with E-state index in [1.54, 1.807) is 35.5 Å². The Morgan fingerprint density at radius 1 is 1.25 bits per heavy atom. The fourth-order valence-electron chi connectivity index (χ4n) is 2.55. The Kier molecular flexibility index (Phi) is 5.20. The molecule has 7 heteroatoms. The van der Waals surface area contributed by atoms with Crippen molar-refractivity contribution in [2.45, 2.75) is 18.9 Å². The Balaban J connectivity index is 1.52. The fourth-order valence-corrected chi connectivity index (χ4v) is 2.55. The molecule has 0 aliphatic carbocycles. The van der Waals surface area contributed by atoms with Crippen LogP contribution in [0.2, 0.25) is 0 Å². The number of benzene rings is 1. The summed E-state index contributed by atoms with van der Waals surface area (Å²) in [5, 5.41) is 0. The molecule has 6 nitrogen and oxygen atoms in total. The van der Waals surface area contributed by atoms with Crippen molar-refractivity contribution in [1.82, 2.24) is 14.9 Å². The first-order chi connectivity index (χ1) is 11.7. The lowest BCUT2D eigenvalue weighted by atomic mass is 10.1. The molecular formula is C17H18FN3O3. The third kappa shape index (κ3) is 4.18. The number of nitrogens with zero attached hydrogens (tertiary/aromatic N) is 3. The Hall–Kier alpha value is -2.70. The smallest absolute Gasteiger partial charge is 0.316 e. The van der Waals surface area contributed by atoms with Gasteiger partial charge in [0.05, 0.1) is 6.54 Å². The number of carbonyl (C=O) groups is 1. The molecule has 1 saturated heterocycles. The minimum atomic E-state index is -0.480. The molecule has 0 radical (unpaired) electrons. The van der Waals surface area contributed by atoms with Crippen molar-refractivity contribution in [1.29, 1.82) is 0 Å². The van der Waals surface area contributed by atoms with Gasteiger partial charge in [0.15, 0.2) is 18.2 Å². The molecule has 1 aromatic carbocycles. The molecule has 1 aliphatic rings. The van der Waals surface area contributed by atoms with E-state index in [0.29, 0.717) is 19.1 Å². The van der Waals surface area contributed by atoms with Crippen molar-refractivity contribution in [3.63, 3.8) is 0 Å². The number of aromatic nitrogens is 2. The molecule has 0 bridgehead atoms. The maximum Gasteiger partial charge on any atom is 0.316 e. The summed E-state index contributed by atoms with van der Waals surface area (Å²) in [5.41, 5.74) is 0. The topological polar surface area (TPSA) is 64.5 Å². The van der Waals surface area contributed by atoms with Crippen molar-refractivity contribution < 1.29 is 18.7 Å². The average Bonchev–Trinajstić information content (AvgIpc) is 2.62. The van der Waals surface area contributed by atoms with Gasteiger partial charge in [-0.25, -0.2) is 14.4 Å². The normalized spacial score (nSPS) is 17.4. The summed E-state index contributed by atoms with van der Waals surface area (Å²) in [6, 6.07) is 8.04. The number of likely N-dealkylation sites (tertiary alicyclic amines) is 1. The van der Waals surface area contributed by atoms with Gasteiger partial charge in [-0.3, -0.25) is 4.79 Å². The van der Waals surface area contributed by atoms with Gasteiger partial charge in [-0.2, -0.15) is 0 Å². The largest absolute Gasteiger partial charge is 0.481 e. The lowest BCUT2D eigenvalue weighted by Crippen LogP contribution is -2.46. The Bertz CT molecular complexity index is 684. The van der Waals surface area contributed by atoms with E-state index in [-0.39, 0.29) is 24.4 Å². The standard InChI is InChI=1S/C17H18FN3O3/c18-14-6-1-2-7-15(14)23-12-16(22)21-10-3-5-13(11-21)24-17-19-8-4-9-20-17/h1-2,4,6-9,13H,3,5,10-12H2/t13-/m1/s1. The lowest BCUT2D eigenvalue weighted by Gasteiger charge is -2.32. The summed E-state index contributed by atoms with van der Waals surface area (Å²) in [5.74, 6) is -0.597. The molecule has 1 amide bonds. The first-order valence-electron chi connectivity index (χ1n) is 7.81. The van der Waals surface area contributed by atoms with E-state index < -0.39 is 5.82 Å². The minimum Gasteiger partial charge on any atom is -0.481 e. The van der Waals surface area contributed by atoms with Crippen LogP contribution in [0, 0.1) is 5.82 Å². The minimum absolute atomic E-state index is 0.0772. The van der Waals surface area contributed by atoms with Crippen LogP contribution in [0.5, 0.6) is 11.8 Å². The van der Waals surface area contributed by atoms with Gasteiger partial charge in [-0.15, -0.1) is 0 Å². The molecule has 0 saturated carbocycles. The molecule has 2 aromatic rings. The molecule has 24 heavy (non-hydrogen) atoms. The van der Waals surface area contributed by atoms with Crippen LogP contribution in [0.15, 0.2) is 42.7 Å². The number of halogens is 1. The number of hydrogen-bond acceptors (Lipinski definition) is 5. The maximum atomic E-state index is 13.5. The second kappa shape index (κ2) is 7.72. The molecule has 126 valence electrons. The van der Waals surface area contributed by atoms with Gasteiger partial charge in [0, 0.05) is 18.9 Å².